The van der Waals surface area contributed by atoms with Gasteiger partial charge < -0.3 is 5.32 Å². The minimum atomic E-state index is -4.65. The summed E-state index contributed by atoms with van der Waals surface area (Å²) in [5.74, 6) is -0.598. The molecule has 0 saturated heterocycles. The molecule has 0 spiro atoms. The molecule has 0 heterocycles. The lowest BCUT2D eigenvalue weighted by Crippen LogP contribution is -2.24. The summed E-state index contributed by atoms with van der Waals surface area (Å²) in [7, 11) is -3.58. The first-order chi connectivity index (χ1) is 13.5. The summed E-state index contributed by atoms with van der Waals surface area (Å²) in [6.45, 7) is 2.17. The molecule has 1 amide bonds. The van der Waals surface area contributed by atoms with Crippen molar-refractivity contribution in [2.45, 2.75) is 37.3 Å². The number of benzene rings is 2. The first-order valence-electron chi connectivity index (χ1n) is 8.78. The number of nitrogens with one attached hydrogen (secondary N) is 2. The summed E-state index contributed by atoms with van der Waals surface area (Å²) in [5, 5.41) is 2.17. The largest absolute Gasteiger partial charge is 0.418 e. The first kappa shape index (κ1) is 23.2. The van der Waals surface area contributed by atoms with Crippen LogP contribution in [0.2, 0.25) is 5.02 Å². The van der Waals surface area contributed by atoms with Gasteiger partial charge in [-0.15, -0.1) is 0 Å². The number of alkyl halides is 3. The first-order valence-corrected chi connectivity index (χ1v) is 10.6. The van der Waals surface area contributed by atoms with Gasteiger partial charge in [0.25, 0.3) is 0 Å². The number of hydrogen-bond acceptors (Lipinski definition) is 3. The maximum Gasteiger partial charge on any atom is 0.418 e. The van der Waals surface area contributed by atoms with Crippen LogP contribution in [-0.4, -0.2) is 20.9 Å². The van der Waals surface area contributed by atoms with Gasteiger partial charge in [-0.3, -0.25) is 4.79 Å². The van der Waals surface area contributed by atoms with E-state index in [1.165, 1.54) is 18.2 Å². The highest BCUT2D eigenvalue weighted by molar-refractivity contribution is 7.89. The highest BCUT2D eigenvalue weighted by Gasteiger charge is 2.34. The van der Waals surface area contributed by atoms with Crippen LogP contribution in [0, 0.1) is 0 Å². The van der Waals surface area contributed by atoms with Gasteiger partial charge in [-0.05, 0) is 48.7 Å². The van der Waals surface area contributed by atoms with Crippen LogP contribution in [0.4, 0.5) is 18.9 Å². The van der Waals surface area contributed by atoms with E-state index in [1.54, 1.807) is 12.1 Å². The highest BCUT2D eigenvalue weighted by atomic mass is 35.5. The van der Waals surface area contributed by atoms with E-state index in [0.29, 0.717) is 18.5 Å². The monoisotopic (exact) mass is 448 g/mol. The average molecular weight is 449 g/mol. The summed E-state index contributed by atoms with van der Waals surface area (Å²) in [4.78, 5) is 12.2. The van der Waals surface area contributed by atoms with E-state index >= 15 is 0 Å². The molecule has 0 radical (unpaired) electrons. The van der Waals surface area contributed by atoms with E-state index in [-0.39, 0.29) is 28.4 Å². The van der Waals surface area contributed by atoms with Gasteiger partial charge in [0.2, 0.25) is 15.9 Å². The molecule has 0 aromatic heterocycles. The average Bonchev–Trinajstić information content (AvgIpc) is 2.66. The zero-order chi connectivity index (χ0) is 21.7. The fourth-order valence-corrected chi connectivity index (χ4v) is 3.79. The van der Waals surface area contributed by atoms with Gasteiger partial charge in [-0.1, -0.05) is 30.7 Å². The molecule has 2 N–H and O–H groups in total. The van der Waals surface area contributed by atoms with Crippen LogP contribution in [0.5, 0.6) is 0 Å². The van der Waals surface area contributed by atoms with Gasteiger partial charge in [-0.25, -0.2) is 13.1 Å². The van der Waals surface area contributed by atoms with Crippen molar-refractivity contribution < 1.29 is 26.4 Å². The van der Waals surface area contributed by atoms with Gasteiger partial charge >= 0.3 is 6.18 Å². The lowest BCUT2D eigenvalue weighted by molar-refractivity contribution is -0.137. The fourth-order valence-electron chi connectivity index (χ4n) is 2.49. The molecular weight excluding hydrogens is 429 g/mol. The Labute approximate surface area is 172 Å². The third-order valence-corrected chi connectivity index (χ3v) is 5.69. The molecule has 158 valence electrons. The minimum absolute atomic E-state index is 0.0693. The lowest BCUT2D eigenvalue weighted by atomic mass is 10.1. The third-order valence-electron chi connectivity index (χ3n) is 3.98. The van der Waals surface area contributed by atoms with E-state index in [9.17, 15) is 26.4 Å². The zero-order valence-electron chi connectivity index (χ0n) is 15.5. The summed E-state index contributed by atoms with van der Waals surface area (Å²) in [5.41, 5.74) is -0.704. The molecule has 0 atom stereocenters. The van der Waals surface area contributed by atoms with Crippen LogP contribution in [0.25, 0.3) is 0 Å². The van der Waals surface area contributed by atoms with Crippen molar-refractivity contribution in [3.63, 3.8) is 0 Å². The molecule has 0 aliphatic rings. The Morgan fingerprint density at radius 1 is 1.10 bits per heavy atom. The molecular formula is C19H20ClF3N2O3S. The minimum Gasteiger partial charge on any atom is -0.325 e. The van der Waals surface area contributed by atoms with Crippen molar-refractivity contribution in [3.05, 3.63) is 58.6 Å². The lowest BCUT2D eigenvalue weighted by Gasteiger charge is -2.14. The molecule has 0 saturated carbocycles. The van der Waals surface area contributed by atoms with Crippen molar-refractivity contribution in [2.24, 2.45) is 0 Å². The number of rotatable bonds is 8. The second kappa shape index (κ2) is 9.60. The van der Waals surface area contributed by atoms with Gasteiger partial charge in [0.15, 0.2) is 0 Å². The maximum absolute atomic E-state index is 13.1. The van der Waals surface area contributed by atoms with Gasteiger partial charge in [0.1, 0.15) is 0 Å². The normalized spacial score (nSPS) is 12.0. The number of aryl methyl sites for hydroxylation is 1. The van der Waals surface area contributed by atoms with E-state index in [4.69, 9.17) is 11.6 Å². The molecule has 0 unspecified atom stereocenters. The number of carbonyl (C=O) groups excluding carboxylic acids is 1. The number of amides is 1. The maximum atomic E-state index is 13.1. The van der Waals surface area contributed by atoms with E-state index in [1.807, 2.05) is 6.92 Å². The molecule has 0 aliphatic heterocycles. The van der Waals surface area contributed by atoms with Crippen molar-refractivity contribution in [3.8, 4) is 0 Å². The Morgan fingerprint density at radius 2 is 1.76 bits per heavy atom. The fraction of sp³-hybridized carbons (Fsp3) is 0.316. The predicted octanol–water partition coefficient (Wildman–Crippen LogP) is 4.62. The summed E-state index contributed by atoms with van der Waals surface area (Å²) in [6, 6.07) is 9.10. The highest BCUT2D eigenvalue weighted by Crippen LogP contribution is 2.36. The van der Waals surface area contributed by atoms with Crippen LogP contribution >= 0.6 is 11.6 Å². The second-order valence-electron chi connectivity index (χ2n) is 6.28. The molecule has 0 bridgehead atoms. The van der Waals surface area contributed by atoms with E-state index in [0.717, 1.165) is 12.1 Å². The molecule has 0 aliphatic carbocycles. The van der Waals surface area contributed by atoms with Crippen LogP contribution in [0.15, 0.2) is 47.4 Å². The standard InChI is InChI=1S/C19H20ClF3N2O3S/c1-2-11-24-29(27,28)15-7-3-13(4-8-15)5-10-18(26)25-17-9-6-14(20)12-16(17)19(21,22)23/h3-4,6-9,12,24H,2,5,10-11H2,1H3,(H,25,26). The molecule has 0 fully saturated rings. The molecule has 2 aromatic carbocycles. The number of sulfonamides is 1. The molecule has 2 rings (SSSR count). The zero-order valence-corrected chi connectivity index (χ0v) is 17.1. The number of carbonyl (C=O) groups is 1. The molecule has 5 nitrogen and oxygen atoms in total. The second-order valence-corrected chi connectivity index (χ2v) is 8.48. The topological polar surface area (TPSA) is 75.3 Å². The van der Waals surface area contributed by atoms with E-state index in [2.05, 4.69) is 10.0 Å². The van der Waals surface area contributed by atoms with Crippen LogP contribution in [-0.2, 0) is 27.4 Å². The molecule has 10 heteroatoms. The van der Waals surface area contributed by atoms with Crippen molar-refractivity contribution >= 4 is 33.2 Å². The van der Waals surface area contributed by atoms with Crippen molar-refractivity contribution in [1.29, 1.82) is 0 Å². The van der Waals surface area contributed by atoms with Crippen LogP contribution in [0.3, 0.4) is 0 Å². The summed E-state index contributed by atoms with van der Waals surface area (Å²) in [6.07, 6.45) is -3.82. The quantitative estimate of drug-likeness (QED) is 0.618. The van der Waals surface area contributed by atoms with Crippen LogP contribution < -0.4 is 10.0 Å². The van der Waals surface area contributed by atoms with Crippen molar-refractivity contribution in [1.82, 2.24) is 4.72 Å². The van der Waals surface area contributed by atoms with Crippen LogP contribution in [0.1, 0.15) is 30.9 Å². The van der Waals surface area contributed by atoms with Gasteiger partial charge in [0.05, 0.1) is 16.1 Å². The van der Waals surface area contributed by atoms with Gasteiger partial charge in [-0.2, -0.15) is 13.2 Å². The Kier molecular flexibility index (Phi) is 7.67. The number of halogens is 4. The summed E-state index contributed by atoms with van der Waals surface area (Å²) < 4.78 is 65.7. The number of hydrogen-bond donors (Lipinski definition) is 2. The number of anilines is 1. The third kappa shape index (κ3) is 6.73. The summed E-state index contributed by atoms with van der Waals surface area (Å²) >= 11 is 5.61. The molecule has 29 heavy (non-hydrogen) atoms. The Bertz CT molecular complexity index is 962. The van der Waals surface area contributed by atoms with E-state index < -0.39 is 27.7 Å². The SMILES string of the molecule is CCCNS(=O)(=O)c1ccc(CCC(=O)Nc2ccc(Cl)cc2C(F)(F)F)cc1. The predicted molar refractivity (Wildman–Crippen MR) is 105 cm³/mol. The van der Waals surface area contributed by atoms with Gasteiger partial charge in [0, 0.05) is 18.0 Å². The Hall–Kier alpha value is -2.10. The van der Waals surface area contributed by atoms with Crippen molar-refractivity contribution in [2.75, 3.05) is 11.9 Å². The smallest absolute Gasteiger partial charge is 0.325 e. The Morgan fingerprint density at radius 3 is 2.34 bits per heavy atom. The Balaban J connectivity index is 2.00. The molecule has 2 aromatic rings.